The number of ketones is 1. The summed E-state index contributed by atoms with van der Waals surface area (Å²) in [5, 5.41) is 0.389. The number of carbonyl (C=O) groups excluding carboxylic acids is 1. The fraction of sp³-hybridized carbons (Fsp3) is 0. The third kappa shape index (κ3) is 2.22. The number of halogens is 1. The quantitative estimate of drug-likeness (QED) is 0.572. The molecule has 2 rings (SSSR count). The van der Waals surface area contributed by atoms with Gasteiger partial charge in [-0.25, -0.2) is 4.98 Å². The number of carbonyl (C=O) groups is 1. The van der Waals surface area contributed by atoms with Crippen LogP contribution in [0, 0.1) is 0 Å². The molecule has 74 valence electrons. The van der Waals surface area contributed by atoms with Crippen molar-refractivity contribution in [3.63, 3.8) is 0 Å². The normalized spacial score (nSPS) is 9.93. The Hall–Kier alpha value is -1.67. The first-order chi connectivity index (χ1) is 7.27. The van der Waals surface area contributed by atoms with E-state index in [4.69, 9.17) is 11.6 Å². The lowest BCUT2D eigenvalue weighted by Gasteiger charge is -1.99. The summed E-state index contributed by atoms with van der Waals surface area (Å²) >= 11 is 5.64. The van der Waals surface area contributed by atoms with Gasteiger partial charge in [-0.3, -0.25) is 4.79 Å². The summed E-state index contributed by atoms with van der Waals surface area (Å²) in [6.07, 6.45) is 1.48. The van der Waals surface area contributed by atoms with Gasteiger partial charge in [0, 0.05) is 17.3 Å². The molecule has 0 aliphatic heterocycles. The third-order valence-corrected chi connectivity index (χ3v) is 2.25. The number of hydrogen-bond acceptors (Lipinski definition) is 2. The second-order valence-electron chi connectivity index (χ2n) is 3.06. The lowest BCUT2D eigenvalue weighted by atomic mass is 10.1. The van der Waals surface area contributed by atoms with E-state index in [0.29, 0.717) is 16.3 Å². The molecule has 0 saturated carbocycles. The molecule has 1 aromatic carbocycles. The van der Waals surface area contributed by atoms with Gasteiger partial charge >= 0.3 is 0 Å². The van der Waals surface area contributed by atoms with E-state index in [9.17, 15) is 4.79 Å². The van der Waals surface area contributed by atoms with Gasteiger partial charge in [0.15, 0.2) is 5.78 Å². The molecule has 0 aliphatic rings. The predicted molar refractivity (Wildman–Crippen MR) is 59.1 cm³/mol. The maximum atomic E-state index is 11.9. The molecule has 2 nitrogen and oxygen atoms in total. The van der Waals surface area contributed by atoms with Gasteiger partial charge in [0.05, 0.1) is 0 Å². The molecule has 0 spiro atoms. The first-order valence-electron chi connectivity index (χ1n) is 4.48. The minimum Gasteiger partial charge on any atom is -0.289 e. The van der Waals surface area contributed by atoms with E-state index in [-0.39, 0.29) is 5.78 Å². The van der Waals surface area contributed by atoms with Gasteiger partial charge < -0.3 is 0 Å². The first kappa shape index (κ1) is 9.87. The average Bonchev–Trinajstić information content (AvgIpc) is 2.30. The van der Waals surface area contributed by atoms with Crippen LogP contribution in [0.1, 0.15) is 15.9 Å². The van der Waals surface area contributed by atoms with Crippen LogP contribution in [0.5, 0.6) is 0 Å². The van der Waals surface area contributed by atoms with E-state index in [0.717, 1.165) is 0 Å². The molecule has 0 unspecified atom stereocenters. The largest absolute Gasteiger partial charge is 0.289 e. The molecule has 0 aliphatic carbocycles. The topological polar surface area (TPSA) is 30.0 Å². The van der Waals surface area contributed by atoms with Crippen molar-refractivity contribution in [3.8, 4) is 0 Å². The van der Waals surface area contributed by atoms with E-state index in [2.05, 4.69) is 4.98 Å². The molecule has 0 N–H and O–H groups in total. The van der Waals surface area contributed by atoms with Crippen LogP contribution in [-0.2, 0) is 0 Å². The number of aromatic nitrogens is 1. The predicted octanol–water partition coefficient (Wildman–Crippen LogP) is 2.97. The van der Waals surface area contributed by atoms with E-state index < -0.39 is 0 Å². The SMILES string of the molecule is O=C(c1ccccc1)c1ccc(Cl)nc1. The molecule has 1 aromatic heterocycles. The van der Waals surface area contributed by atoms with E-state index in [1.165, 1.54) is 6.20 Å². The molecule has 0 radical (unpaired) electrons. The van der Waals surface area contributed by atoms with Crippen molar-refractivity contribution in [2.24, 2.45) is 0 Å². The first-order valence-corrected chi connectivity index (χ1v) is 4.86. The minimum absolute atomic E-state index is 0.0419. The average molecular weight is 218 g/mol. The fourth-order valence-electron chi connectivity index (χ4n) is 1.27. The molecule has 0 saturated heterocycles. The third-order valence-electron chi connectivity index (χ3n) is 2.03. The van der Waals surface area contributed by atoms with Gasteiger partial charge in [0.25, 0.3) is 0 Å². The van der Waals surface area contributed by atoms with Crippen molar-refractivity contribution in [3.05, 3.63) is 64.9 Å². The van der Waals surface area contributed by atoms with E-state index in [1.54, 1.807) is 24.3 Å². The summed E-state index contributed by atoms with van der Waals surface area (Å²) in [5.41, 5.74) is 1.20. The Morgan fingerprint density at radius 3 is 2.33 bits per heavy atom. The van der Waals surface area contributed by atoms with Crippen LogP contribution in [-0.4, -0.2) is 10.8 Å². The highest BCUT2D eigenvalue weighted by Gasteiger charge is 2.07. The maximum Gasteiger partial charge on any atom is 0.194 e. The smallest absolute Gasteiger partial charge is 0.194 e. The second-order valence-corrected chi connectivity index (χ2v) is 3.45. The number of pyridine rings is 1. The highest BCUT2D eigenvalue weighted by Crippen LogP contribution is 2.10. The van der Waals surface area contributed by atoms with Crippen molar-refractivity contribution in [1.29, 1.82) is 0 Å². The Morgan fingerprint density at radius 2 is 1.73 bits per heavy atom. The number of benzene rings is 1. The summed E-state index contributed by atoms with van der Waals surface area (Å²) in [6, 6.07) is 12.4. The molecule has 1 heterocycles. The summed E-state index contributed by atoms with van der Waals surface area (Å²) in [4.78, 5) is 15.7. The van der Waals surface area contributed by atoms with Crippen molar-refractivity contribution in [2.75, 3.05) is 0 Å². The van der Waals surface area contributed by atoms with Crippen LogP contribution in [0.4, 0.5) is 0 Å². The lowest BCUT2D eigenvalue weighted by Crippen LogP contribution is -2.01. The molecule has 0 atom stereocenters. The van der Waals surface area contributed by atoms with Crippen LogP contribution < -0.4 is 0 Å². The van der Waals surface area contributed by atoms with Crippen molar-refractivity contribution in [1.82, 2.24) is 4.98 Å². The van der Waals surface area contributed by atoms with Gasteiger partial charge in [-0.1, -0.05) is 41.9 Å². The number of hydrogen-bond donors (Lipinski definition) is 0. The summed E-state index contributed by atoms with van der Waals surface area (Å²) < 4.78 is 0. The number of nitrogens with zero attached hydrogens (tertiary/aromatic N) is 1. The maximum absolute atomic E-state index is 11.9. The molecular weight excluding hydrogens is 210 g/mol. The number of rotatable bonds is 2. The van der Waals surface area contributed by atoms with Crippen LogP contribution in [0.2, 0.25) is 5.15 Å². The zero-order valence-corrected chi connectivity index (χ0v) is 8.61. The summed E-state index contributed by atoms with van der Waals surface area (Å²) in [6.45, 7) is 0. The zero-order valence-electron chi connectivity index (χ0n) is 7.85. The fourth-order valence-corrected chi connectivity index (χ4v) is 1.38. The Labute approximate surface area is 92.5 Å². The van der Waals surface area contributed by atoms with Gasteiger partial charge in [0.2, 0.25) is 0 Å². The molecule has 0 fully saturated rings. The van der Waals surface area contributed by atoms with E-state index >= 15 is 0 Å². The van der Waals surface area contributed by atoms with Gasteiger partial charge in [-0.05, 0) is 12.1 Å². The standard InChI is InChI=1S/C12H8ClNO/c13-11-7-6-10(8-14-11)12(15)9-4-2-1-3-5-9/h1-8H. The minimum atomic E-state index is -0.0419. The molecule has 0 bridgehead atoms. The highest BCUT2D eigenvalue weighted by atomic mass is 35.5. The van der Waals surface area contributed by atoms with Crippen LogP contribution in [0.25, 0.3) is 0 Å². The van der Waals surface area contributed by atoms with Crippen LogP contribution in [0.3, 0.4) is 0 Å². The lowest BCUT2D eigenvalue weighted by molar-refractivity contribution is 0.103. The van der Waals surface area contributed by atoms with Crippen LogP contribution in [0.15, 0.2) is 48.7 Å². The van der Waals surface area contributed by atoms with E-state index in [1.807, 2.05) is 18.2 Å². The zero-order chi connectivity index (χ0) is 10.7. The Morgan fingerprint density at radius 1 is 1.00 bits per heavy atom. The molecular formula is C12H8ClNO. The Kier molecular flexibility index (Phi) is 2.79. The Balaban J connectivity index is 2.33. The Bertz CT molecular complexity index is 465. The summed E-state index contributed by atoms with van der Waals surface area (Å²) in [5.74, 6) is -0.0419. The van der Waals surface area contributed by atoms with Gasteiger partial charge in [-0.15, -0.1) is 0 Å². The van der Waals surface area contributed by atoms with Crippen molar-refractivity contribution < 1.29 is 4.79 Å². The summed E-state index contributed by atoms with van der Waals surface area (Å²) in [7, 11) is 0. The molecule has 0 amide bonds. The van der Waals surface area contributed by atoms with Gasteiger partial charge in [-0.2, -0.15) is 0 Å². The van der Waals surface area contributed by atoms with Gasteiger partial charge in [0.1, 0.15) is 5.15 Å². The van der Waals surface area contributed by atoms with Crippen molar-refractivity contribution in [2.45, 2.75) is 0 Å². The monoisotopic (exact) mass is 217 g/mol. The molecule has 2 aromatic rings. The second kappa shape index (κ2) is 4.24. The van der Waals surface area contributed by atoms with Crippen molar-refractivity contribution >= 4 is 17.4 Å². The molecule has 3 heteroatoms. The van der Waals surface area contributed by atoms with Crippen LogP contribution >= 0.6 is 11.6 Å². The highest BCUT2D eigenvalue weighted by molar-refractivity contribution is 6.29. The molecule has 15 heavy (non-hydrogen) atoms.